The molecule has 0 aromatic heterocycles. The molecule has 0 aliphatic heterocycles. The van der Waals surface area contributed by atoms with Crippen LogP contribution in [0.5, 0.6) is 0 Å². The first kappa shape index (κ1) is 9.90. The van der Waals surface area contributed by atoms with Crippen LogP contribution in [0.25, 0.3) is 33.7 Å². The van der Waals surface area contributed by atoms with Crippen molar-refractivity contribution in [3.8, 4) is 0 Å². The lowest BCUT2D eigenvalue weighted by molar-refractivity contribution is 1.12. The van der Waals surface area contributed by atoms with E-state index in [4.69, 9.17) is 0 Å². The van der Waals surface area contributed by atoms with Crippen molar-refractivity contribution in [2.45, 2.75) is 12.8 Å². The molecule has 4 rings (SSSR count). The van der Waals surface area contributed by atoms with Crippen LogP contribution in [0, 0.1) is 0 Å². The van der Waals surface area contributed by atoms with Crippen molar-refractivity contribution in [3.05, 3.63) is 59.0 Å². The zero-order valence-electron chi connectivity index (χ0n) is 10.2. The highest BCUT2D eigenvalue weighted by molar-refractivity contribution is 5.98. The Morgan fingerprint density at radius 1 is 0.556 bits per heavy atom. The fourth-order valence-electron chi connectivity index (χ4n) is 2.86. The average molecular weight is 230 g/mol. The summed E-state index contributed by atoms with van der Waals surface area (Å²) in [6, 6.07) is 17.8. The predicted octanol–water partition coefficient (Wildman–Crippen LogP) is 3.35. The second-order valence-electron chi connectivity index (χ2n) is 5.01. The van der Waals surface area contributed by atoms with Crippen molar-refractivity contribution in [2.24, 2.45) is 0 Å². The van der Waals surface area contributed by atoms with Gasteiger partial charge in [0.25, 0.3) is 0 Å². The first-order valence-corrected chi connectivity index (χ1v) is 6.53. The summed E-state index contributed by atoms with van der Waals surface area (Å²) in [5.41, 5.74) is 0. The Kier molecular flexibility index (Phi) is 2.04. The molecule has 0 saturated heterocycles. The fourth-order valence-corrected chi connectivity index (χ4v) is 2.86. The molecule has 0 unspecified atom stereocenters. The first-order valence-electron chi connectivity index (χ1n) is 6.53. The maximum absolute atomic E-state index is 2.35. The third-order valence-corrected chi connectivity index (χ3v) is 3.80. The van der Waals surface area contributed by atoms with Crippen LogP contribution in [-0.2, 0) is 0 Å². The van der Waals surface area contributed by atoms with Crippen LogP contribution in [-0.4, -0.2) is 0 Å². The normalized spacial score (nSPS) is 14.0. The Labute approximate surface area is 106 Å². The molecule has 0 atom stereocenters. The van der Waals surface area contributed by atoms with Gasteiger partial charge in [0, 0.05) is 0 Å². The zero-order valence-corrected chi connectivity index (χ0v) is 10.2. The van der Waals surface area contributed by atoms with Gasteiger partial charge >= 0.3 is 0 Å². The van der Waals surface area contributed by atoms with Crippen LogP contribution >= 0.6 is 0 Å². The molecule has 3 aromatic carbocycles. The van der Waals surface area contributed by atoms with E-state index in [9.17, 15) is 0 Å². The summed E-state index contributed by atoms with van der Waals surface area (Å²) in [6.45, 7) is 0. The largest absolute Gasteiger partial charge is 0.0763 e. The average Bonchev–Trinajstić information content (AvgIpc) is 2.42. The summed E-state index contributed by atoms with van der Waals surface area (Å²) >= 11 is 0. The summed E-state index contributed by atoms with van der Waals surface area (Å²) in [5, 5.41) is 8.13. The molecule has 1 aliphatic carbocycles. The van der Waals surface area contributed by atoms with Crippen LogP contribution in [0.3, 0.4) is 0 Å². The van der Waals surface area contributed by atoms with Gasteiger partial charge < -0.3 is 0 Å². The van der Waals surface area contributed by atoms with Gasteiger partial charge in [0.1, 0.15) is 0 Å². The highest BCUT2D eigenvalue weighted by atomic mass is 14.0. The molecule has 18 heavy (non-hydrogen) atoms. The van der Waals surface area contributed by atoms with Gasteiger partial charge in [-0.25, -0.2) is 0 Å². The van der Waals surface area contributed by atoms with Gasteiger partial charge in [0.15, 0.2) is 0 Å². The van der Waals surface area contributed by atoms with Crippen LogP contribution in [0.15, 0.2) is 48.5 Å². The third-order valence-electron chi connectivity index (χ3n) is 3.80. The van der Waals surface area contributed by atoms with Crippen molar-refractivity contribution in [1.82, 2.24) is 0 Å². The van der Waals surface area contributed by atoms with Gasteiger partial charge in [-0.1, -0.05) is 36.4 Å². The number of hydrogen-bond acceptors (Lipinski definition) is 0. The van der Waals surface area contributed by atoms with Gasteiger partial charge in [-0.05, 0) is 69.1 Å². The molecule has 0 spiro atoms. The predicted molar refractivity (Wildman–Crippen MR) is 78.9 cm³/mol. The minimum atomic E-state index is 1.17. The second-order valence-corrected chi connectivity index (χ2v) is 5.01. The van der Waals surface area contributed by atoms with E-state index >= 15 is 0 Å². The summed E-state index contributed by atoms with van der Waals surface area (Å²) in [4.78, 5) is 0. The molecule has 0 bridgehead atoms. The number of fused-ring (bicyclic) bond motifs is 3. The number of benzene rings is 3. The second kappa shape index (κ2) is 3.71. The number of rotatable bonds is 0. The molecule has 86 valence electrons. The zero-order chi connectivity index (χ0) is 11.9. The van der Waals surface area contributed by atoms with Crippen molar-refractivity contribution in [2.75, 3.05) is 0 Å². The molecule has 0 radical (unpaired) electrons. The lowest BCUT2D eigenvalue weighted by Crippen LogP contribution is -2.26. The van der Waals surface area contributed by atoms with Gasteiger partial charge in [-0.3, -0.25) is 0 Å². The Morgan fingerprint density at radius 2 is 1.06 bits per heavy atom. The lowest BCUT2D eigenvalue weighted by atomic mass is 9.99. The molecular formula is C18H14. The molecule has 0 saturated carbocycles. The van der Waals surface area contributed by atoms with E-state index in [1.165, 1.54) is 44.8 Å². The highest BCUT2D eigenvalue weighted by Crippen LogP contribution is 2.20. The third kappa shape index (κ3) is 1.46. The quantitative estimate of drug-likeness (QED) is 0.520. The van der Waals surface area contributed by atoms with Gasteiger partial charge in [0.2, 0.25) is 0 Å². The molecule has 1 aliphatic rings. The monoisotopic (exact) mass is 230 g/mol. The lowest BCUT2D eigenvalue weighted by Gasteiger charge is -2.05. The molecule has 0 fully saturated rings. The van der Waals surface area contributed by atoms with Crippen molar-refractivity contribution < 1.29 is 0 Å². The Hall–Kier alpha value is -2.08. The summed E-state index contributed by atoms with van der Waals surface area (Å²) in [5.74, 6) is 0. The smallest absolute Gasteiger partial charge is 0.0171 e. The number of hydrogen-bond donors (Lipinski definition) is 0. The Bertz CT molecular complexity index is 796. The highest BCUT2D eigenvalue weighted by Gasteiger charge is 2.00. The summed E-state index contributed by atoms with van der Waals surface area (Å²) < 4.78 is 0. The molecule has 0 heterocycles. The molecule has 0 nitrogen and oxygen atoms in total. The van der Waals surface area contributed by atoms with E-state index in [1.54, 1.807) is 0 Å². The molecule has 0 amide bonds. The van der Waals surface area contributed by atoms with Gasteiger partial charge in [-0.2, -0.15) is 0 Å². The van der Waals surface area contributed by atoms with Crippen molar-refractivity contribution in [3.63, 3.8) is 0 Å². The standard InChI is InChI=1S/C18H14/c1-2-6-14-10-18-12-16-8-4-3-7-15(16)11-17(18)9-13(14)5-1/h1-2,5-12H,3-4H2. The van der Waals surface area contributed by atoms with Gasteiger partial charge in [-0.15, -0.1) is 0 Å². The van der Waals surface area contributed by atoms with E-state index in [0.29, 0.717) is 0 Å². The molecule has 0 heteroatoms. The fraction of sp³-hybridized carbons (Fsp3) is 0.111. The van der Waals surface area contributed by atoms with Crippen LogP contribution in [0.4, 0.5) is 0 Å². The van der Waals surface area contributed by atoms with Crippen molar-refractivity contribution >= 4 is 33.7 Å². The molecule has 0 N–H and O–H groups in total. The maximum Gasteiger partial charge on any atom is -0.0171 e. The van der Waals surface area contributed by atoms with Gasteiger partial charge in [0.05, 0.1) is 0 Å². The van der Waals surface area contributed by atoms with E-state index in [0.717, 1.165) is 0 Å². The summed E-state index contributed by atoms with van der Waals surface area (Å²) in [7, 11) is 0. The van der Waals surface area contributed by atoms with Crippen LogP contribution in [0.2, 0.25) is 0 Å². The SMILES string of the molecule is C1=c2cc3cc4ccccc4cc3cc2=CCC1. The van der Waals surface area contributed by atoms with E-state index in [-0.39, 0.29) is 0 Å². The Balaban J connectivity index is 2.19. The topological polar surface area (TPSA) is 0 Å². The minimum Gasteiger partial charge on any atom is -0.0763 e. The van der Waals surface area contributed by atoms with Crippen LogP contribution < -0.4 is 10.4 Å². The first-order chi connectivity index (χ1) is 8.90. The van der Waals surface area contributed by atoms with E-state index in [2.05, 4.69) is 60.7 Å². The van der Waals surface area contributed by atoms with E-state index in [1.807, 2.05) is 0 Å². The minimum absolute atomic E-state index is 1.17. The molecular weight excluding hydrogens is 216 g/mol. The Morgan fingerprint density at radius 3 is 1.56 bits per heavy atom. The maximum atomic E-state index is 2.35. The van der Waals surface area contributed by atoms with Crippen LogP contribution in [0.1, 0.15) is 12.8 Å². The van der Waals surface area contributed by atoms with E-state index < -0.39 is 0 Å². The van der Waals surface area contributed by atoms with Crippen molar-refractivity contribution in [1.29, 1.82) is 0 Å². The summed E-state index contributed by atoms with van der Waals surface area (Å²) in [6.07, 6.45) is 7.05. The molecule has 3 aromatic rings.